The van der Waals surface area contributed by atoms with Crippen molar-refractivity contribution >= 4 is 33.2 Å². The Bertz CT molecular complexity index is 392. The molecule has 0 fully saturated rings. The van der Waals surface area contributed by atoms with E-state index in [1.54, 1.807) is 5.32 Å². The van der Waals surface area contributed by atoms with Gasteiger partial charge in [-0.25, -0.2) is 0 Å². The third-order valence-electron chi connectivity index (χ3n) is 1.52. The lowest BCUT2D eigenvalue weighted by Crippen LogP contribution is -2.29. The maximum atomic E-state index is 11.9. The van der Waals surface area contributed by atoms with Crippen LogP contribution in [0.5, 0.6) is 0 Å². The minimum atomic E-state index is -4.89. The fraction of sp³-hybridized carbons (Fsp3) is 0.125. The van der Waals surface area contributed by atoms with Crippen LogP contribution in [0.25, 0.3) is 0 Å². The molecule has 0 saturated heterocycles. The maximum Gasteiger partial charge on any atom is 0.471 e. The van der Waals surface area contributed by atoms with Gasteiger partial charge in [0.1, 0.15) is 0 Å². The molecule has 0 spiro atoms. The van der Waals surface area contributed by atoms with Crippen LogP contribution in [0, 0.1) is 0 Å². The number of nitrogen functional groups attached to an aromatic ring is 1. The molecule has 15 heavy (non-hydrogen) atoms. The molecule has 82 valence electrons. The second-order valence-corrected chi connectivity index (χ2v) is 3.54. The van der Waals surface area contributed by atoms with E-state index >= 15 is 0 Å². The average molecular weight is 283 g/mol. The highest BCUT2D eigenvalue weighted by molar-refractivity contribution is 9.10. The van der Waals surface area contributed by atoms with Crippen LogP contribution in [0.4, 0.5) is 24.5 Å². The first-order chi connectivity index (χ1) is 6.80. The van der Waals surface area contributed by atoms with Gasteiger partial charge < -0.3 is 11.1 Å². The molecule has 1 aromatic rings. The summed E-state index contributed by atoms with van der Waals surface area (Å²) in [5.41, 5.74) is 5.82. The van der Waals surface area contributed by atoms with E-state index in [4.69, 9.17) is 5.73 Å². The van der Waals surface area contributed by atoms with E-state index in [-0.39, 0.29) is 5.69 Å². The average Bonchev–Trinajstić information content (AvgIpc) is 2.10. The van der Waals surface area contributed by atoms with Crippen molar-refractivity contribution in [1.29, 1.82) is 0 Å². The van der Waals surface area contributed by atoms with Gasteiger partial charge >= 0.3 is 12.1 Å². The Morgan fingerprint density at radius 2 is 2.00 bits per heavy atom. The number of carbonyl (C=O) groups excluding carboxylic acids is 1. The van der Waals surface area contributed by atoms with Crippen molar-refractivity contribution in [3.05, 3.63) is 22.7 Å². The van der Waals surface area contributed by atoms with Crippen LogP contribution in [-0.2, 0) is 4.79 Å². The van der Waals surface area contributed by atoms with Gasteiger partial charge in [0.2, 0.25) is 0 Å². The Kier molecular flexibility index (Phi) is 3.23. The highest BCUT2D eigenvalue weighted by Gasteiger charge is 2.38. The predicted octanol–water partition coefficient (Wildman–Crippen LogP) is 2.53. The van der Waals surface area contributed by atoms with Gasteiger partial charge in [-0.1, -0.05) is 0 Å². The lowest BCUT2D eigenvalue weighted by molar-refractivity contribution is -0.167. The van der Waals surface area contributed by atoms with Crippen LogP contribution < -0.4 is 11.1 Å². The number of nitrogens with one attached hydrogen (secondary N) is 1. The number of nitrogens with two attached hydrogens (primary N) is 1. The molecule has 0 saturated carbocycles. The zero-order valence-electron chi connectivity index (χ0n) is 7.23. The Morgan fingerprint density at radius 3 is 2.47 bits per heavy atom. The van der Waals surface area contributed by atoms with Gasteiger partial charge in [0.15, 0.2) is 0 Å². The van der Waals surface area contributed by atoms with Crippen molar-refractivity contribution in [2.75, 3.05) is 11.1 Å². The highest BCUT2D eigenvalue weighted by Crippen LogP contribution is 2.24. The number of carbonyl (C=O) groups is 1. The standard InChI is InChI=1S/C8H6BrF3N2O/c9-5-3-4(1-2-6(5)13)14-7(15)8(10,11)12/h1-3H,13H2,(H,14,15). The van der Waals surface area contributed by atoms with E-state index < -0.39 is 12.1 Å². The van der Waals surface area contributed by atoms with Gasteiger partial charge in [0, 0.05) is 15.8 Å². The molecule has 0 aliphatic heterocycles. The summed E-state index contributed by atoms with van der Waals surface area (Å²) in [4.78, 5) is 10.5. The van der Waals surface area contributed by atoms with Crippen molar-refractivity contribution in [2.45, 2.75) is 6.18 Å². The molecule has 0 aliphatic carbocycles. The summed E-state index contributed by atoms with van der Waals surface area (Å²) in [6.45, 7) is 0. The van der Waals surface area contributed by atoms with Crippen molar-refractivity contribution < 1.29 is 18.0 Å². The van der Waals surface area contributed by atoms with Gasteiger partial charge in [-0.15, -0.1) is 0 Å². The third-order valence-corrected chi connectivity index (χ3v) is 2.20. The van der Waals surface area contributed by atoms with Crippen LogP contribution in [-0.4, -0.2) is 12.1 Å². The van der Waals surface area contributed by atoms with Crippen LogP contribution in [0.1, 0.15) is 0 Å². The van der Waals surface area contributed by atoms with Gasteiger partial charge in [-0.2, -0.15) is 13.2 Å². The molecular formula is C8H6BrF3N2O. The maximum absolute atomic E-state index is 11.9. The lowest BCUT2D eigenvalue weighted by atomic mass is 10.3. The Hall–Kier alpha value is -1.24. The van der Waals surface area contributed by atoms with Gasteiger partial charge in [0.25, 0.3) is 0 Å². The Balaban J connectivity index is 2.83. The SMILES string of the molecule is Nc1ccc(NC(=O)C(F)(F)F)cc1Br. The van der Waals surface area contributed by atoms with Crippen LogP contribution in [0.3, 0.4) is 0 Å². The minimum absolute atomic E-state index is 0.0263. The van der Waals surface area contributed by atoms with E-state index in [0.29, 0.717) is 10.2 Å². The molecule has 0 aliphatic rings. The van der Waals surface area contributed by atoms with Crippen LogP contribution in [0.2, 0.25) is 0 Å². The van der Waals surface area contributed by atoms with E-state index in [9.17, 15) is 18.0 Å². The molecule has 7 heteroatoms. The summed E-state index contributed by atoms with van der Waals surface area (Å²) in [7, 11) is 0. The van der Waals surface area contributed by atoms with Crippen LogP contribution in [0.15, 0.2) is 22.7 Å². The van der Waals surface area contributed by atoms with E-state index in [2.05, 4.69) is 15.9 Å². The third kappa shape index (κ3) is 3.12. The number of hydrogen-bond acceptors (Lipinski definition) is 2. The van der Waals surface area contributed by atoms with E-state index in [0.717, 1.165) is 0 Å². The van der Waals surface area contributed by atoms with Crippen LogP contribution >= 0.6 is 15.9 Å². The van der Waals surface area contributed by atoms with E-state index in [1.807, 2.05) is 0 Å². The number of anilines is 2. The Morgan fingerprint density at radius 1 is 1.40 bits per heavy atom. The largest absolute Gasteiger partial charge is 0.471 e. The number of halogens is 4. The first-order valence-electron chi connectivity index (χ1n) is 3.74. The molecule has 3 N–H and O–H groups in total. The highest BCUT2D eigenvalue weighted by atomic mass is 79.9. The molecule has 0 atom stereocenters. The fourth-order valence-electron chi connectivity index (χ4n) is 0.807. The summed E-state index contributed by atoms with van der Waals surface area (Å²) in [6.07, 6.45) is -4.89. The van der Waals surface area contributed by atoms with Crippen molar-refractivity contribution in [2.24, 2.45) is 0 Å². The number of benzene rings is 1. The smallest absolute Gasteiger partial charge is 0.398 e. The molecule has 0 aromatic heterocycles. The molecule has 1 aromatic carbocycles. The van der Waals surface area contributed by atoms with E-state index in [1.165, 1.54) is 18.2 Å². The zero-order chi connectivity index (χ0) is 11.6. The van der Waals surface area contributed by atoms with Gasteiger partial charge in [-0.3, -0.25) is 4.79 Å². The monoisotopic (exact) mass is 282 g/mol. The fourth-order valence-corrected chi connectivity index (χ4v) is 1.19. The number of hydrogen-bond donors (Lipinski definition) is 2. The number of alkyl halides is 3. The summed E-state index contributed by atoms with van der Waals surface area (Å²) >= 11 is 3.03. The van der Waals surface area contributed by atoms with Crippen molar-refractivity contribution in [3.8, 4) is 0 Å². The molecule has 0 unspecified atom stereocenters. The number of amides is 1. The molecular weight excluding hydrogens is 277 g/mol. The van der Waals surface area contributed by atoms with Crippen molar-refractivity contribution in [1.82, 2.24) is 0 Å². The number of rotatable bonds is 1. The lowest BCUT2D eigenvalue weighted by Gasteiger charge is -2.08. The molecule has 1 amide bonds. The zero-order valence-corrected chi connectivity index (χ0v) is 8.82. The summed E-state index contributed by atoms with van der Waals surface area (Å²) in [6, 6.07) is 3.96. The normalized spacial score (nSPS) is 11.2. The minimum Gasteiger partial charge on any atom is -0.398 e. The molecule has 0 radical (unpaired) electrons. The summed E-state index contributed by atoms with van der Waals surface area (Å²) in [5.74, 6) is -2.01. The molecule has 0 heterocycles. The first-order valence-corrected chi connectivity index (χ1v) is 4.53. The summed E-state index contributed by atoms with van der Waals surface area (Å²) in [5, 5.41) is 1.70. The molecule has 1 rings (SSSR count). The first kappa shape index (κ1) is 11.8. The Labute approximate surface area is 91.6 Å². The van der Waals surface area contributed by atoms with Crippen molar-refractivity contribution in [3.63, 3.8) is 0 Å². The molecule has 3 nitrogen and oxygen atoms in total. The quantitative estimate of drug-likeness (QED) is 0.778. The second-order valence-electron chi connectivity index (χ2n) is 2.69. The predicted molar refractivity (Wildman–Crippen MR) is 53.2 cm³/mol. The summed E-state index contributed by atoms with van der Waals surface area (Å²) < 4.78 is 36.0. The molecule has 0 bridgehead atoms. The van der Waals surface area contributed by atoms with Gasteiger partial charge in [-0.05, 0) is 34.1 Å². The topological polar surface area (TPSA) is 55.1 Å². The second kappa shape index (κ2) is 4.09. The van der Waals surface area contributed by atoms with Gasteiger partial charge in [0.05, 0.1) is 0 Å².